The lowest BCUT2D eigenvalue weighted by molar-refractivity contribution is -0.124. The van der Waals surface area contributed by atoms with Crippen molar-refractivity contribution in [3.05, 3.63) is 35.9 Å². The molecular formula is C20H30N2O6S. The third-order valence-corrected chi connectivity index (χ3v) is 5.97. The van der Waals surface area contributed by atoms with Gasteiger partial charge in [-0.05, 0) is 30.2 Å². The maximum absolute atomic E-state index is 12.6. The van der Waals surface area contributed by atoms with E-state index < -0.39 is 27.9 Å². The van der Waals surface area contributed by atoms with Crippen LogP contribution < -0.4 is 10.6 Å². The highest BCUT2D eigenvalue weighted by atomic mass is 32.2. The van der Waals surface area contributed by atoms with E-state index in [4.69, 9.17) is 9.47 Å². The smallest absolute Gasteiger partial charge is 0.408 e. The summed E-state index contributed by atoms with van der Waals surface area (Å²) < 4.78 is 33.6. The Morgan fingerprint density at radius 3 is 2.48 bits per heavy atom. The van der Waals surface area contributed by atoms with Gasteiger partial charge >= 0.3 is 6.09 Å². The minimum atomic E-state index is -3.28. The predicted octanol–water partition coefficient (Wildman–Crippen LogP) is 1.65. The Morgan fingerprint density at radius 1 is 1.21 bits per heavy atom. The van der Waals surface area contributed by atoms with Crippen molar-refractivity contribution in [2.75, 3.05) is 31.8 Å². The Labute approximate surface area is 172 Å². The number of hydrogen-bond acceptors (Lipinski definition) is 6. The summed E-state index contributed by atoms with van der Waals surface area (Å²) in [6.45, 7) is 3.86. The fourth-order valence-corrected chi connectivity index (χ4v) is 3.64. The molecule has 1 atom stereocenters. The van der Waals surface area contributed by atoms with Crippen LogP contribution >= 0.6 is 0 Å². The van der Waals surface area contributed by atoms with E-state index in [1.54, 1.807) is 0 Å². The maximum atomic E-state index is 12.6. The molecule has 8 nitrogen and oxygen atoms in total. The van der Waals surface area contributed by atoms with Crippen LogP contribution in [0.3, 0.4) is 0 Å². The molecule has 162 valence electrons. The van der Waals surface area contributed by atoms with Crippen molar-refractivity contribution in [3.63, 3.8) is 0 Å². The standard InChI is InChI=1S/C20H30N2O6S/c1-20(9-11-27-12-10-20)15-21-18(23)17(8-13-29(2,25)26)22-19(24)28-14-16-6-4-3-5-7-16/h3-7,17H,8-15H2,1-2H3,(H,21,23)(H,22,24). The van der Waals surface area contributed by atoms with Crippen LogP contribution in [0, 0.1) is 5.41 Å². The molecular weight excluding hydrogens is 396 g/mol. The van der Waals surface area contributed by atoms with Gasteiger partial charge in [-0.25, -0.2) is 13.2 Å². The van der Waals surface area contributed by atoms with Crippen LogP contribution in [0.4, 0.5) is 4.79 Å². The van der Waals surface area contributed by atoms with Gasteiger partial charge in [0.25, 0.3) is 0 Å². The molecule has 1 aromatic rings. The fourth-order valence-electron chi connectivity index (χ4n) is 2.97. The number of rotatable bonds is 9. The summed E-state index contributed by atoms with van der Waals surface area (Å²) in [5.74, 6) is -0.632. The number of alkyl carbamates (subject to hydrolysis) is 1. The van der Waals surface area contributed by atoms with E-state index in [1.165, 1.54) is 0 Å². The van der Waals surface area contributed by atoms with Crippen LogP contribution in [-0.2, 0) is 30.7 Å². The molecule has 0 bridgehead atoms. The summed E-state index contributed by atoms with van der Waals surface area (Å²) in [7, 11) is -3.28. The number of carbonyl (C=O) groups is 2. The molecule has 0 radical (unpaired) electrons. The van der Waals surface area contributed by atoms with E-state index in [-0.39, 0.29) is 24.2 Å². The second-order valence-corrected chi connectivity index (χ2v) is 10.1. The first kappa shape index (κ1) is 23.2. The van der Waals surface area contributed by atoms with Gasteiger partial charge in [0.1, 0.15) is 22.5 Å². The van der Waals surface area contributed by atoms with E-state index >= 15 is 0 Å². The number of hydrogen-bond donors (Lipinski definition) is 2. The fraction of sp³-hybridized carbons (Fsp3) is 0.600. The SMILES string of the molecule is CC1(CNC(=O)C(CCS(C)(=O)=O)NC(=O)OCc2ccccc2)CCOCC1. The second-order valence-electron chi connectivity index (χ2n) is 7.82. The van der Waals surface area contributed by atoms with Gasteiger partial charge in [-0.2, -0.15) is 0 Å². The molecule has 0 saturated carbocycles. The number of ether oxygens (including phenoxy) is 2. The second kappa shape index (κ2) is 10.6. The molecule has 29 heavy (non-hydrogen) atoms. The molecule has 0 aromatic heterocycles. The third-order valence-electron chi connectivity index (χ3n) is 4.99. The van der Waals surface area contributed by atoms with E-state index in [9.17, 15) is 18.0 Å². The van der Waals surface area contributed by atoms with Gasteiger partial charge in [-0.1, -0.05) is 37.3 Å². The Balaban J connectivity index is 1.91. The van der Waals surface area contributed by atoms with Gasteiger partial charge in [-0.3, -0.25) is 4.79 Å². The predicted molar refractivity (Wildman–Crippen MR) is 109 cm³/mol. The highest BCUT2D eigenvalue weighted by Crippen LogP contribution is 2.28. The van der Waals surface area contributed by atoms with Gasteiger partial charge in [0.2, 0.25) is 5.91 Å². The third kappa shape index (κ3) is 8.82. The first-order chi connectivity index (χ1) is 13.7. The van der Waals surface area contributed by atoms with Crippen LogP contribution in [0.2, 0.25) is 0 Å². The van der Waals surface area contributed by atoms with Crippen LogP contribution in [0.25, 0.3) is 0 Å². The zero-order valence-electron chi connectivity index (χ0n) is 17.0. The molecule has 1 fully saturated rings. The minimum Gasteiger partial charge on any atom is -0.445 e. The van der Waals surface area contributed by atoms with E-state index in [2.05, 4.69) is 17.6 Å². The largest absolute Gasteiger partial charge is 0.445 e. The number of nitrogens with one attached hydrogen (secondary N) is 2. The van der Waals surface area contributed by atoms with Crippen molar-refractivity contribution < 1.29 is 27.5 Å². The Bertz CT molecular complexity index is 775. The molecule has 1 saturated heterocycles. The average Bonchev–Trinajstić information content (AvgIpc) is 2.68. The van der Waals surface area contributed by atoms with Crippen LogP contribution in [0.1, 0.15) is 31.7 Å². The molecule has 1 heterocycles. The number of carbonyl (C=O) groups excluding carboxylic acids is 2. The lowest BCUT2D eigenvalue weighted by atomic mass is 9.82. The summed E-state index contributed by atoms with van der Waals surface area (Å²) in [5.41, 5.74) is 0.732. The first-order valence-corrected chi connectivity index (χ1v) is 11.7. The molecule has 0 aliphatic carbocycles. The molecule has 1 aliphatic rings. The monoisotopic (exact) mass is 426 g/mol. The van der Waals surface area contributed by atoms with Crippen molar-refractivity contribution in [2.24, 2.45) is 5.41 Å². The molecule has 1 aromatic carbocycles. The zero-order chi connectivity index (χ0) is 21.3. The van der Waals surface area contributed by atoms with Gasteiger partial charge in [0.05, 0.1) is 5.75 Å². The molecule has 9 heteroatoms. The summed E-state index contributed by atoms with van der Waals surface area (Å²) in [6, 6.07) is 8.15. The van der Waals surface area contributed by atoms with Crippen LogP contribution in [0.5, 0.6) is 0 Å². The van der Waals surface area contributed by atoms with Crippen molar-refractivity contribution in [1.82, 2.24) is 10.6 Å². The van der Waals surface area contributed by atoms with E-state index in [0.29, 0.717) is 19.8 Å². The summed E-state index contributed by atoms with van der Waals surface area (Å²) in [5, 5.41) is 5.35. The van der Waals surface area contributed by atoms with E-state index in [1.807, 2.05) is 30.3 Å². The first-order valence-electron chi connectivity index (χ1n) is 9.67. The highest BCUT2D eigenvalue weighted by Gasteiger charge is 2.30. The topological polar surface area (TPSA) is 111 Å². The quantitative estimate of drug-likeness (QED) is 0.621. The molecule has 1 unspecified atom stereocenters. The Morgan fingerprint density at radius 2 is 1.86 bits per heavy atom. The molecule has 2 N–H and O–H groups in total. The van der Waals surface area contributed by atoms with Gasteiger partial charge in [0, 0.05) is 26.0 Å². The van der Waals surface area contributed by atoms with Crippen molar-refractivity contribution in [3.8, 4) is 0 Å². The van der Waals surface area contributed by atoms with Gasteiger partial charge < -0.3 is 20.1 Å². The lowest BCUT2D eigenvalue weighted by Gasteiger charge is -2.34. The normalized spacial score (nSPS) is 17.2. The Hall–Kier alpha value is -2.13. The molecule has 2 rings (SSSR count). The lowest BCUT2D eigenvalue weighted by Crippen LogP contribution is -2.50. The van der Waals surface area contributed by atoms with Gasteiger partial charge in [0.15, 0.2) is 0 Å². The zero-order valence-corrected chi connectivity index (χ0v) is 17.8. The number of amides is 2. The summed E-state index contributed by atoms with van der Waals surface area (Å²) >= 11 is 0. The number of sulfone groups is 1. The van der Waals surface area contributed by atoms with Crippen molar-refractivity contribution in [2.45, 2.75) is 38.8 Å². The molecule has 2 amide bonds. The molecule has 0 spiro atoms. The van der Waals surface area contributed by atoms with Crippen molar-refractivity contribution in [1.29, 1.82) is 0 Å². The summed E-state index contributed by atoms with van der Waals surface area (Å²) in [4.78, 5) is 24.8. The maximum Gasteiger partial charge on any atom is 0.408 e. The number of benzene rings is 1. The van der Waals surface area contributed by atoms with Gasteiger partial charge in [-0.15, -0.1) is 0 Å². The average molecular weight is 427 g/mol. The Kier molecular flexibility index (Phi) is 8.45. The highest BCUT2D eigenvalue weighted by molar-refractivity contribution is 7.90. The molecule has 1 aliphatic heterocycles. The summed E-state index contributed by atoms with van der Waals surface area (Å²) in [6.07, 6.45) is 1.96. The van der Waals surface area contributed by atoms with Crippen molar-refractivity contribution >= 4 is 21.8 Å². The van der Waals surface area contributed by atoms with E-state index in [0.717, 1.165) is 24.7 Å². The van der Waals surface area contributed by atoms with Crippen LogP contribution in [0.15, 0.2) is 30.3 Å². The minimum absolute atomic E-state index is 0.0229. The van der Waals surface area contributed by atoms with Crippen LogP contribution in [-0.4, -0.2) is 58.2 Å².